The summed E-state index contributed by atoms with van der Waals surface area (Å²) in [7, 11) is 0. The molecule has 5 heteroatoms. The van der Waals surface area contributed by atoms with Crippen molar-refractivity contribution in [2.75, 3.05) is 0 Å². The summed E-state index contributed by atoms with van der Waals surface area (Å²) in [5.41, 5.74) is 0. The molecule has 0 aliphatic carbocycles. The molecule has 15 heavy (non-hydrogen) atoms. The van der Waals surface area contributed by atoms with E-state index in [1.807, 2.05) is 5.38 Å². The lowest BCUT2D eigenvalue weighted by Crippen LogP contribution is -2.13. The minimum absolute atomic E-state index is 0.603. The molecule has 0 bridgehead atoms. The number of halogens is 2. The van der Waals surface area contributed by atoms with Crippen LogP contribution in [0.25, 0.3) is 6.08 Å². The Labute approximate surface area is 89.2 Å². The first kappa shape index (κ1) is 11.7. The number of hydrogen-bond donors (Lipinski definition) is 0. The molecule has 0 saturated heterocycles. The van der Waals surface area contributed by atoms with Crippen LogP contribution in [0.2, 0.25) is 0 Å². The molecule has 0 saturated carbocycles. The van der Waals surface area contributed by atoms with Gasteiger partial charge in [-0.2, -0.15) is 0 Å². The molecular weight excluding hydrogens is 222 g/mol. The molecule has 2 nitrogen and oxygen atoms in total. The highest BCUT2D eigenvalue weighted by atomic mass is 32.1. The van der Waals surface area contributed by atoms with Crippen molar-refractivity contribution in [3.8, 4) is 0 Å². The minimum Gasteiger partial charge on any atom is -0.294 e. The van der Waals surface area contributed by atoms with Crippen LogP contribution in [-0.2, 0) is 9.59 Å². The van der Waals surface area contributed by atoms with E-state index in [0.29, 0.717) is 0 Å². The van der Waals surface area contributed by atoms with Gasteiger partial charge < -0.3 is 0 Å². The topological polar surface area (TPSA) is 34.1 Å². The molecule has 0 spiro atoms. The summed E-state index contributed by atoms with van der Waals surface area (Å²) in [5.74, 6) is -1.94. The van der Waals surface area contributed by atoms with Crippen molar-refractivity contribution in [3.63, 3.8) is 0 Å². The first-order valence-corrected chi connectivity index (χ1v) is 5.03. The van der Waals surface area contributed by atoms with Crippen LogP contribution in [0.3, 0.4) is 0 Å². The molecule has 0 N–H and O–H groups in total. The second kappa shape index (κ2) is 5.50. The fraction of sp³-hybridized carbons (Fsp3) is 0.200. The van der Waals surface area contributed by atoms with Crippen molar-refractivity contribution < 1.29 is 18.4 Å². The molecule has 1 aromatic rings. The summed E-state index contributed by atoms with van der Waals surface area (Å²) >= 11 is 1.42. The Kier molecular flexibility index (Phi) is 4.30. The molecular formula is C10H8F2O2S. The lowest BCUT2D eigenvalue weighted by atomic mass is 10.2. The van der Waals surface area contributed by atoms with Crippen LogP contribution < -0.4 is 0 Å². The number of rotatable bonds is 5. The van der Waals surface area contributed by atoms with Crippen LogP contribution >= 0.6 is 11.3 Å². The average Bonchev–Trinajstić information content (AvgIpc) is 2.66. The van der Waals surface area contributed by atoms with Gasteiger partial charge in [-0.1, -0.05) is 6.07 Å². The Morgan fingerprint density at radius 2 is 2.20 bits per heavy atom. The molecule has 1 rings (SSSR count). The molecule has 1 heterocycles. The monoisotopic (exact) mass is 230 g/mol. The lowest BCUT2D eigenvalue weighted by molar-refractivity contribution is -0.132. The van der Waals surface area contributed by atoms with Crippen LogP contribution in [0.4, 0.5) is 8.78 Å². The molecule has 0 atom stereocenters. The summed E-state index contributed by atoms with van der Waals surface area (Å²) < 4.78 is 23.6. The highest BCUT2D eigenvalue weighted by Gasteiger charge is 2.17. The van der Waals surface area contributed by atoms with E-state index in [4.69, 9.17) is 0 Å². The van der Waals surface area contributed by atoms with E-state index in [1.165, 1.54) is 17.4 Å². The van der Waals surface area contributed by atoms with Gasteiger partial charge >= 0.3 is 0 Å². The quantitative estimate of drug-likeness (QED) is 0.575. The maximum Gasteiger partial charge on any atom is 0.296 e. The van der Waals surface area contributed by atoms with Gasteiger partial charge in [0.15, 0.2) is 5.78 Å². The third-order valence-electron chi connectivity index (χ3n) is 1.57. The zero-order valence-electron chi connectivity index (χ0n) is 7.65. The summed E-state index contributed by atoms with van der Waals surface area (Å²) in [4.78, 5) is 22.4. The highest BCUT2D eigenvalue weighted by Crippen LogP contribution is 2.10. The number of allylic oxidation sites excluding steroid dienone is 1. The van der Waals surface area contributed by atoms with Crippen molar-refractivity contribution in [1.82, 2.24) is 0 Å². The maximum absolute atomic E-state index is 11.8. The van der Waals surface area contributed by atoms with Gasteiger partial charge in [-0.05, 0) is 23.6 Å². The lowest BCUT2D eigenvalue weighted by Gasteiger charge is -1.94. The molecule has 0 unspecified atom stereocenters. The molecule has 0 aromatic carbocycles. The maximum atomic E-state index is 11.8. The normalized spacial score (nSPS) is 11.1. The van der Waals surface area contributed by atoms with Crippen molar-refractivity contribution in [1.29, 1.82) is 0 Å². The highest BCUT2D eigenvalue weighted by molar-refractivity contribution is 7.10. The third-order valence-corrected chi connectivity index (χ3v) is 2.41. The van der Waals surface area contributed by atoms with E-state index in [2.05, 4.69) is 0 Å². The zero-order valence-corrected chi connectivity index (χ0v) is 8.47. The number of hydrogen-bond acceptors (Lipinski definition) is 3. The van der Waals surface area contributed by atoms with E-state index in [9.17, 15) is 18.4 Å². The van der Waals surface area contributed by atoms with E-state index in [-0.39, 0.29) is 0 Å². The number of carbonyl (C=O) groups excluding carboxylic acids is 2. The Hall–Kier alpha value is -1.36. The van der Waals surface area contributed by atoms with Gasteiger partial charge in [0.05, 0.1) is 6.42 Å². The number of carbonyl (C=O) groups is 2. The molecule has 0 radical (unpaired) electrons. The fourth-order valence-electron chi connectivity index (χ4n) is 0.869. The van der Waals surface area contributed by atoms with Crippen LogP contribution in [-0.4, -0.2) is 18.0 Å². The number of ketones is 2. The first-order valence-electron chi connectivity index (χ1n) is 4.15. The summed E-state index contributed by atoms with van der Waals surface area (Å²) in [6.07, 6.45) is -1.15. The summed E-state index contributed by atoms with van der Waals surface area (Å²) in [5, 5.41) is 1.83. The van der Waals surface area contributed by atoms with E-state index < -0.39 is 24.4 Å². The standard InChI is InChI=1S/C10H8F2O2S/c11-10(12)9(14)6-7(13)3-4-8-2-1-5-15-8/h1-5,10H,6H2/b4-3+. The van der Waals surface area contributed by atoms with Gasteiger partial charge in [0, 0.05) is 4.88 Å². The van der Waals surface area contributed by atoms with E-state index in [1.54, 1.807) is 12.1 Å². The van der Waals surface area contributed by atoms with Crippen LogP contribution in [0.15, 0.2) is 23.6 Å². The van der Waals surface area contributed by atoms with Gasteiger partial charge in [-0.15, -0.1) is 11.3 Å². The molecule has 80 valence electrons. The van der Waals surface area contributed by atoms with Crippen LogP contribution in [0.1, 0.15) is 11.3 Å². The largest absolute Gasteiger partial charge is 0.296 e. The predicted molar refractivity (Wildman–Crippen MR) is 54.0 cm³/mol. The second-order valence-corrected chi connectivity index (χ2v) is 3.74. The average molecular weight is 230 g/mol. The Balaban J connectivity index is 2.46. The smallest absolute Gasteiger partial charge is 0.294 e. The molecule has 0 fully saturated rings. The van der Waals surface area contributed by atoms with Gasteiger partial charge in [0.1, 0.15) is 0 Å². The fourth-order valence-corrected chi connectivity index (χ4v) is 1.49. The van der Waals surface area contributed by atoms with Gasteiger partial charge in [0.25, 0.3) is 6.43 Å². The van der Waals surface area contributed by atoms with Crippen molar-refractivity contribution in [3.05, 3.63) is 28.5 Å². The zero-order chi connectivity index (χ0) is 11.3. The van der Waals surface area contributed by atoms with E-state index >= 15 is 0 Å². The SMILES string of the molecule is O=C(/C=C/c1cccs1)CC(=O)C(F)F. The first-order chi connectivity index (χ1) is 7.09. The van der Waals surface area contributed by atoms with Gasteiger partial charge in [-0.25, -0.2) is 8.78 Å². The second-order valence-electron chi connectivity index (χ2n) is 2.76. The number of alkyl halides is 2. The number of Topliss-reactive ketones (excluding diaryl/α,β-unsaturated/α-hetero) is 1. The molecule has 1 aromatic heterocycles. The Bertz CT molecular complexity index is 369. The van der Waals surface area contributed by atoms with Gasteiger partial charge in [-0.3, -0.25) is 9.59 Å². The third kappa shape index (κ3) is 4.12. The summed E-state index contributed by atoms with van der Waals surface area (Å²) in [6, 6.07) is 3.59. The molecule has 0 aliphatic heterocycles. The van der Waals surface area contributed by atoms with Crippen molar-refractivity contribution >= 4 is 29.0 Å². The Morgan fingerprint density at radius 1 is 1.47 bits per heavy atom. The van der Waals surface area contributed by atoms with Crippen LogP contribution in [0, 0.1) is 0 Å². The molecule has 0 amide bonds. The summed E-state index contributed by atoms with van der Waals surface area (Å²) in [6.45, 7) is 0. The van der Waals surface area contributed by atoms with E-state index in [0.717, 1.165) is 11.0 Å². The van der Waals surface area contributed by atoms with Gasteiger partial charge in [0.2, 0.25) is 5.78 Å². The molecule has 0 aliphatic rings. The minimum atomic E-state index is -3.07. The van der Waals surface area contributed by atoms with Crippen LogP contribution in [0.5, 0.6) is 0 Å². The Morgan fingerprint density at radius 3 is 2.73 bits per heavy atom. The van der Waals surface area contributed by atoms with Crippen molar-refractivity contribution in [2.45, 2.75) is 12.8 Å². The van der Waals surface area contributed by atoms with Crippen molar-refractivity contribution in [2.24, 2.45) is 0 Å². The number of thiophene rings is 1. The predicted octanol–water partition coefficient (Wildman–Crippen LogP) is 2.55.